The lowest BCUT2D eigenvalue weighted by molar-refractivity contribution is -0.123. The molecule has 5 unspecified atom stereocenters. The molecule has 3 aliphatic heterocycles. The highest BCUT2D eigenvalue weighted by molar-refractivity contribution is 5.84. The van der Waals surface area contributed by atoms with E-state index < -0.39 is 0 Å². The molecule has 4 nitrogen and oxygen atoms in total. The molecule has 0 bridgehead atoms. The molecule has 0 spiro atoms. The molecular weight excluding hydrogens is 226 g/mol. The fourth-order valence-corrected chi connectivity index (χ4v) is 4.35. The van der Waals surface area contributed by atoms with Gasteiger partial charge in [0, 0.05) is 19.0 Å². The summed E-state index contributed by atoms with van der Waals surface area (Å²) in [4.78, 5) is 14.5. The standard InChI is InChI=1S/C14H25N3O/c1-3-13(18)12-7-10-9-5-6-15-8-11(9)16-14(10)17(12)4-2/h9-12,14-16H,3-8H2,1-2H3. The van der Waals surface area contributed by atoms with Crippen molar-refractivity contribution < 1.29 is 4.79 Å². The fraction of sp³-hybridized carbons (Fsp3) is 0.929. The average molecular weight is 251 g/mol. The summed E-state index contributed by atoms with van der Waals surface area (Å²) in [6.07, 6.45) is 3.48. The maximum absolute atomic E-state index is 12.1. The maximum Gasteiger partial charge on any atom is 0.149 e. The lowest BCUT2D eigenvalue weighted by Crippen LogP contribution is -2.51. The molecule has 2 N–H and O–H groups in total. The molecule has 102 valence electrons. The van der Waals surface area contributed by atoms with Gasteiger partial charge < -0.3 is 5.32 Å². The predicted molar refractivity (Wildman–Crippen MR) is 71.3 cm³/mol. The number of hydrogen-bond donors (Lipinski definition) is 2. The van der Waals surface area contributed by atoms with Crippen LogP contribution in [0.1, 0.15) is 33.1 Å². The Kier molecular flexibility index (Phi) is 3.43. The van der Waals surface area contributed by atoms with E-state index in [0.717, 1.165) is 32.0 Å². The quantitative estimate of drug-likeness (QED) is 0.770. The normalized spacial score (nSPS) is 43.8. The summed E-state index contributed by atoms with van der Waals surface area (Å²) in [5, 5.41) is 7.25. The molecule has 0 aliphatic carbocycles. The molecule has 3 rings (SSSR count). The summed E-state index contributed by atoms with van der Waals surface area (Å²) in [6.45, 7) is 7.40. The third-order valence-corrected chi connectivity index (χ3v) is 5.21. The zero-order valence-electron chi connectivity index (χ0n) is 11.5. The van der Waals surface area contributed by atoms with Crippen LogP contribution >= 0.6 is 0 Å². The number of nitrogens with one attached hydrogen (secondary N) is 2. The highest BCUT2D eigenvalue weighted by atomic mass is 16.1. The van der Waals surface area contributed by atoms with Gasteiger partial charge in [-0.3, -0.25) is 15.0 Å². The SMILES string of the molecule is CCC(=O)C1CC2C3CCNCC3NC2N1CC. The first-order chi connectivity index (χ1) is 8.76. The molecule has 0 saturated carbocycles. The first-order valence-electron chi connectivity index (χ1n) is 7.51. The molecule has 3 saturated heterocycles. The lowest BCUT2D eigenvalue weighted by Gasteiger charge is -2.31. The number of Topliss-reactive ketones (excluding diaryl/α,β-unsaturated/α-hetero) is 1. The van der Waals surface area contributed by atoms with Crippen LogP contribution in [0.5, 0.6) is 0 Å². The highest BCUT2D eigenvalue weighted by Crippen LogP contribution is 2.42. The number of likely N-dealkylation sites (N-methyl/N-ethyl adjacent to an activating group) is 1. The molecule has 3 heterocycles. The van der Waals surface area contributed by atoms with Gasteiger partial charge in [-0.2, -0.15) is 0 Å². The van der Waals surface area contributed by atoms with Gasteiger partial charge in [-0.15, -0.1) is 0 Å². The van der Waals surface area contributed by atoms with Crippen molar-refractivity contribution in [1.82, 2.24) is 15.5 Å². The van der Waals surface area contributed by atoms with Gasteiger partial charge in [-0.1, -0.05) is 13.8 Å². The van der Waals surface area contributed by atoms with Crippen LogP contribution in [0, 0.1) is 11.8 Å². The number of rotatable bonds is 3. The largest absolute Gasteiger partial charge is 0.315 e. The fourth-order valence-electron chi connectivity index (χ4n) is 4.35. The van der Waals surface area contributed by atoms with Crippen molar-refractivity contribution in [2.24, 2.45) is 11.8 Å². The molecule has 3 fully saturated rings. The van der Waals surface area contributed by atoms with Crippen LogP contribution in [0.4, 0.5) is 0 Å². The average Bonchev–Trinajstić information content (AvgIpc) is 2.93. The summed E-state index contributed by atoms with van der Waals surface area (Å²) < 4.78 is 0. The van der Waals surface area contributed by atoms with E-state index in [1.54, 1.807) is 0 Å². The molecule has 0 aromatic carbocycles. The monoisotopic (exact) mass is 251 g/mol. The molecule has 18 heavy (non-hydrogen) atoms. The lowest BCUT2D eigenvalue weighted by atomic mass is 9.82. The molecule has 4 heteroatoms. The van der Waals surface area contributed by atoms with Crippen molar-refractivity contribution in [1.29, 1.82) is 0 Å². The van der Waals surface area contributed by atoms with E-state index in [-0.39, 0.29) is 6.04 Å². The van der Waals surface area contributed by atoms with Gasteiger partial charge >= 0.3 is 0 Å². The Bertz CT molecular complexity index is 333. The van der Waals surface area contributed by atoms with Crippen LogP contribution in [-0.4, -0.2) is 48.6 Å². The Hall–Kier alpha value is -0.450. The van der Waals surface area contributed by atoms with E-state index >= 15 is 0 Å². The van der Waals surface area contributed by atoms with E-state index in [0.29, 0.717) is 30.3 Å². The molecule has 5 atom stereocenters. The zero-order chi connectivity index (χ0) is 12.7. The minimum atomic E-state index is 0.179. The van der Waals surface area contributed by atoms with Crippen molar-refractivity contribution in [3.05, 3.63) is 0 Å². The van der Waals surface area contributed by atoms with Crippen LogP contribution in [0.25, 0.3) is 0 Å². The number of nitrogens with zero attached hydrogens (tertiary/aromatic N) is 1. The number of carbonyl (C=O) groups excluding carboxylic acids is 1. The number of hydrogen-bond acceptors (Lipinski definition) is 4. The van der Waals surface area contributed by atoms with Crippen molar-refractivity contribution in [2.75, 3.05) is 19.6 Å². The van der Waals surface area contributed by atoms with Crippen LogP contribution < -0.4 is 10.6 Å². The third-order valence-electron chi connectivity index (χ3n) is 5.21. The first kappa shape index (κ1) is 12.6. The number of fused-ring (bicyclic) bond motifs is 3. The summed E-state index contributed by atoms with van der Waals surface area (Å²) >= 11 is 0. The second-order valence-electron chi connectivity index (χ2n) is 5.94. The highest BCUT2D eigenvalue weighted by Gasteiger charge is 2.53. The van der Waals surface area contributed by atoms with E-state index in [1.165, 1.54) is 6.42 Å². The summed E-state index contributed by atoms with van der Waals surface area (Å²) in [5.41, 5.74) is 0. The molecular formula is C14H25N3O. The van der Waals surface area contributed by atoms with Gasteiger partial charge in [-0.05, 0) is 37.8 Å². The van der Waals surface area contributed by atoms with Crippen LogP contribution in [0.15, 0.2) is 0 Å². The zero-order valence-corrected chi connectivity index (χ0v) is 11.5. The van der Waals surface area contributed by atoms with Crippen LogP contribution in [0.3, 0.4) is 0 Å². The Labute approximate surface area is 109 Å². The molecule has 0 amide bonds. The minimum absolute atomic E-state index is 0.179. The summed E-state index contributed by atoms with van der Waals surface area (Å²) in [6, 6.07) is 0.804. The second-order valence-corrected chi connectivity index (χ2v) is 5.94. The summed E-state index contributed by atoms with van der Waals surface area (Å²) in [5.74, 6) is 1.90. The number of carbonyl (C=O) groups is 1. The topological polar surface area (TPSA) is 44.4 Å². The molecule has 0 radical (unpaired) electrons. The van der Waals surface area contributed by atoms with Gasteiger partial charge in [0.15, 0.2) is 0 Å². The maximum atomic E-state index is 12.1. The van der Waals surface area contributed by atoms with Crippen molar-refractivity contribution in [2.45, 2.75) is 51.4 Å². The summed E-state index contributed by atoms with van der Waals surface area (Å²) in [7, 11) is 0. The third kappa shape index (κ3) is 1.82. The Morgan fingerprint density at radius 1 is 1.33 bits per heavy atom. The van der Waals surface area contributed by atoms with Gasteiger partial charge in [-0.25, -0.2) is 0 Å². The predicted octanol–water partition coefficient (Wildman–Crippen LogP) is 0.583. The Morgan fingerprint density at radius 2 is 2.17 bits per heavy atom. The van der Waals surface area contributed by atoms with Gasteiger partial charge in [0.25, 0.3) is 0 Å². The second kappa shape index (κ2) is 4.91. The van der Waals surface area contributed by atoms with Crippen molar-refractivity contribution in [3.8, 4) is 0 Å². The number of likely N-dealkylation sites (tertiary alicyclic amines) is 1. The van der Waals surface area contributed by atoms with E-state index in [9.17, 15) is 4.79 Å². The van der Waals surface area contributed by atoms with Gasteiger partial charge in [0.05, 0.1) is 12.2 Å². The van der Waals surface area contributed by atoms with Crippen LogP contribution in [-0.2, 0) is 4.79 Å². The van der Waals surface area contributed by atoms with E-state index in [1.807, 2.05) is 6.92 Å². The Balaban J connectivity index is 1.78. The van der Waals surface area contributed by atoms with Gasteiger partial charge in [0.1, 0.15) is 5.78 Å². The molecule has 0 aromatic heterocycles. The van der Waals surface area contributed by atoms with Crippen molar-refractivity contribution >= 4 is 5.78 Å². The molecule has 3 aliphatic rings. The minimum Gasteiger partial charge on any atom is -0.315 e. The van der Waals surface area contributed by atoms with Crippen molar-refractivity contribution in [3.63, 3.8) is 0 Å². The number of piperidine rings is 1. The number of ketones is 1. The molecule has 0 aromatic rings. The van der Waals surface area contributed by atoms with E-state index in [2.05, 4.69) is 22.5 Å². The van der Waals surface area contributed by atoms with Crippen LogP contribution in [0.2, 0.25) is 0 Å². The van der Waals surface area contributed by atoms with Gasteiger partial charge in [0.2, 0.25) is 0 Å². The smallest absolute Gasteiger partial charge is 0.149 e. The first-order valence-corrected chi connectivity index (χ1v) is 7.51. The Morgan fingerprint density at radius 3 is 2.89 bits per heavy atom. The van der Waals surface area contributed by atoms with E-state index in [4.69, 9.17) is 0 Å².